The Labute approximate surface area is 151 Å². The van der Waals surface area contributed by atoms with Crippen molar-refractivity contribution in [2.45, 2.75) is 18.4 Å². The molecule has 0 saturated carbocycles. The van der Waals surface area contributed by atoms with Gasteiger partial charge in [0.05, 0.1) is 11.4 Å². The molecule has 0 radical (unpaired) electrons. The Bertz CT molecular complexity index is 870. The van der Waals surface area contributed by atoms with E-state index in [1.807, 2.05) is 0 Å². The van der Waals surface area contributed by atoms with E-state index in [1.165, 1.54) is 37.4 Å². The summed E-state index contributed by atoms with van der Waals surface area (Å²) >= 11 is 5.75. The Balaban J connectivity index is 1.97. The lowest BCUT2D eigenvalue weighted by atomic mass is 10.1. The zero-order valence-corrected chi connectivity index (χ0v) is 15.4. The quantitative estimate of drug-likeness (QED) is 0.832. The Hall–Kier alpha value is -1.96. The van der Waals surface area contributed by atoms with Gasteiger partial charge < -0.3 is 5.32 Å². The van der Waals surface area contributed by atoms with E-state index >= 15 is 0 Å². The third-order valence-corrected chi connectivity index (χ3v) is 5.68. The van der Waals surface area contributed by atoms with Gasteiger partial charge in [0.1, 0.15) is 5.82 Å². The van der Waals surface area contributed by atoms with Gasteiger partial charge in [0.25, 0.3) is 0 Å². The Kier molecular flexibility index (Phi) is 6.16. The Morgan fingerprint density at radius 1 is 1.20 bits per heavy atom. The van der Waals surface area contributed by atoms with Crippen molar-refractivity contribution in [2.75, 3.05) is 13.6 Å². The number of amides is 1. The lowest BCUT2D eigenvalue weighted by Crippen LogP contribution is -2.38. The monoisotopic (exact) mass is 384 g/mol. The second kappa shape index (κ2) is 7.95. The van der Waals surface area contributed by atoms with Crippen molar-refractivity contribution in [1.82, 2.24) is 9.62 Å². The molecule has 2 aromatic rings. The highest BCUT2D eigenvalue weighted by atomic mass is 35.5. The van der Waals surface area contributed by atoms with Crippen LogP contribution in [-0.2, 0) is 21.4 Å². The van der Waals surface area contributed by atoms with E-state index in [4.69, 9.17) is 11.6 Å². The highest BCUT2D eigenvalue weighted by molar-refractivity contribution is 7.89. The van der Waals surface area contributed by atoms with Crippen molar-refractivity contribution in [3.05, 3.63) is 64.4 Å². The van der Waals surface area contributed by atoms with Crippen LogP contribution in [0.1, 0.15) is 11.1 Å². The van der Waals surface area contributed by atoms with Crippen LogP contribution in [0.5, 0.6) is 0 Å². The minimum atomic E-state index is -3.79. The topological polar surface area (TPSA) is 66.5 Å². The molecule has 0 heterocycles. The van der Waals surface area contributed by atoms with Crippen molar-refractivity contribution < 1.29 is 17.6 Å². The fraction of sp³-hybridized carbons (Fsp3) is 0.235. The summed E-state index contributed by atoms with van der Waals surface area (Å²) in [5.74, 6) is -0.838. The first-order valence-electron chi connectivity index (χ1n) is 7.44. The van der Waals surface area contributed by atoms with Crippen LogP contribution in [0, 0.1) is 12.7 Å². The van der Waals surface area contributed by atoms with Gasteiger partial charge in [-0.15, -0.1) is 0 Å². The lowest BCUT2D eigenvalue weighted by molar-refractivity contribution is -0.121. The molecule has 0 saturated heterocycles. The van der Waals surface area contributed by atoms with Crippen LogP contribution in [0.3, 0.4) is 0 Å². The molecule has 0 aliphatic carbocycles. The summed E-state index contributed by atoms with van der Waals surface area (Å²) in [7, 11) is -2.48. The second-order valence-corrected chi connectivity index (χ2v) is 8.06. The number of halogens is 2. The highest BCUT2D eigenvalue weighted by Gasteiger charge is 2.22. The van der Waals surface area contributed by atoms with Crippen LogP contribution in [0.4, 0.5) is 4.39 Å². The van der Waals surface area contributed by atoms with Crippen molar-refractivity contribution in [3.63, 3.8) is 0 Å². The molecule has 8 heteroatoms. The van der Waals surface area contributed by atoms with Crippen LogP contribution in [-0.4, -0.2) is 32.2 Å². The first kappa shape index (κ1) is 19.4. The predicted octanol–water partition coefficient (Wildman–Crippen LogP) is 2.72. The molecule has 0 aliphatic heterocycles. The summed E-state index contributed by atoms with van der Waals surface area (Å²) in [6, 6.07) is 10.3. The summed E-state index contributed by atoms with van der Waals surface area (Å²) in [6.07, 6.45) is 0. The van der Waals surface area contributed by atoms with Gasteiger partial charge in [-0.25, -0.2) is 12.8 Å². The van der Waals surface area contributed by atoms with Gasteiger partial charge in [-0.05, 0) is 48.4 Å². The normalized spacial score (nSPS) is 11.6. The highest BCUT2D eigenvalue weighted by Crippen LogP contribution is 2.17. The standard InChI is InChI=1S/C17H18ClFN2O3S/c1-12-3-4-13(9-16(12)19)10-20-17(22)11-21(2)25(23,24)15-7-5-14(18)6-8-15/h3-9H,10-11H2,1-2H3,(H,20,22). The smallest absolute Gasteiger partial charge is 0.243 e. The summed E-state index contributed by atoms with van der Waals surface area (Å²) in [5, 5.41) is 3.00. The predicted molar refractivity (Wildman–Crippen MR) is 94.3 cm³/mol. The Morgan fingerprint density at radius 3 is 2.44 bits per heavy atom. The molecule has 0 atom stereocenters. The summed E-state index contributed by atoms with van der Waals surface area (Å²) in [6.45, 7) is 1.42. The fourth-order valence-corrected chi connectivity index (χ4v) is 3.33. The zero-order valence-electron chi connectivity index (χ0n) is 13.8. The maximum absolute atomic E-state index is 13.5. The average molecular weight is 385 g/mol. The van der Waals surface area contributed by atoms with Crippen molar-refractivity contribution in [1.29, 1.82) is 0 Å². The molecule has 1 amide bonds. The van der Waals surface area contributed by atoms with Crippen LogP contribution < -0.4 is 5.32 Å². The number of hydrogen-bond acceptors (Lipinski definition) is 3. The number of likely N-dealkylation sites (N-methyl/N-ethyl adjacent to an activating group) is 1. The van der Waals surface area contributed by atoms with Crippen LogP contribution >= 0.6 is 11.6 Å². The third-order valence-electron chi connectivity index (χ3n) is 3.61. The molecule has 5 nitrogen and oxygen atoms in total. The molecule has 0 aromatic heterocycles. The van der Waals surface area contributed by atoms with E-state index in [1.54, 1.807) is 19.1 Å². The summed E-state index contributed by atoms with van der Waals surface area (Å²) < 4.78 is 39.2. The SMILES string of the molecule is Cc1ccc(CNC(=O)CN(C)S(=O)(=O)c2ccc(Cl)cc2)cc1F. The lowest BCUT2D eigenvalue weighted by Gasteiger charge is -2.17. The Morgan fingerprint density at radius 2 is 1.84 bits per heavy atom. The molecule has 2 aromatic carbocycles. The number of rotatable bonds is 6. The molecule has 0 fully saturated rings. The van der Waals surface area contributed by atoms with Gasteiger partial charge in [0, 0.05) is 18.6 Å². The largest absolute Gasteiger partial charge is 0.351 e. The maximum atomic E-state index is 13.5. The summed E-state index contributed by atoms with van der Waals surface area (Å²) in [4.78, 5) is 12.0. The van der Waals surface area contributed by atoms with Crippen LogP contribution in [0.2, 0.25) is 5.02 Å². The molecule has 0 aliphatic rings. The van der Waals surface area contributed by atoms with Crippen LogP contribution in [0.25, 0.3) is 0 Å². The third kappa shape index (κ3) is 5.01. The molecule has 0 bridgehead atoms. The fourth-order valence-electron chi connectivity index (χ4n) is 2.08. The number of nitrogens with one attached hydrogen (secondary N) is 1. The van der Waals surface area contributed by atoms with E-state index in [9.17, 15) is 17.6 Å². The molecule has 134 valence electrons. The average Bonchev–Trinajstić information content (AvgIpc) is 2.56. The van der Waals surface area contributed by atoms with Crippen molar-refractivity contribution >= 4 is 27.5 Å². The number of carbonyl (C=O) groups is 1. The van der Waals surface area contributed by atoms with Gasteiger partial charge >= 0.3 is 0 Å². The first-order valence-corrected chi connectivity index (χ1v) is 9.25. The molecule has 0 spiro atoms. The van der Waals surface area contributed by atoms with Gasteiger partial charge in [0.15, 0.2) is 0 Å². The second-order valence-electron chi connectivity index (χ2n) is 5.58. The van der Waals surface area contributed by atoms with Crippen LogP contribution in [0.15, 0.2) is 47.4 Å². The van der Waals surface area contributed by atoms with Gasteiger partial charge in [-0.3, -0.25) is 4.79 Å². The molecular weight excluding hydrogens is 367 g/mol. The van der Waals surface area contributed by atoms with E-state index in [2.05, 4.69) is 5.32 Å². The molecule has 0 unspecified atom stereocenters. The molecular formula is C17H18ClFN2O3S. The van der Waals surface area contributed by atoms with E-state index < -0.39 is 15.9 Å². The van der Waals surface area contributed by atoms with Gasteiger partial charge in [-0.1, -0.05) is 23.7 Å². The van der Waals surface area contributed by atoms with Crippen molar-refractivity contribution in [3.8, 4) is 0 Å². The minimum Gasteiger partial charge on any atom is -0.351 e. The number of carbonyl (C=O) groups excluding carboxylic acids is 1. The summed E-state index contributed by atoms with van der Waals surface area (Å²) in [5.41, 5.74) is 1.11. The molecule has 2 rings (SSSR count). The zero-order chi connectivity index (χ0) is 18.6. The number of sulfonamides is 1. The molecule has 1 N–H and O–H groups in total. The molecule has 25 heavy (non-hydrogen) atoms. The first-order chi connectivity index (χ1) is 11.7. The number of hydrogen-bond donors (Lipinski definition) is 1. The minimum absolute atomic E-state index is 0.0489. The van der Waals surface area contributed by atoms with E-state index in [-0.39, 0.29) is 23.8 Å². The van der Waals surface area contributed by atoms with Gasteiger partial charge in [-0.2, -0.15) is 4.31 Å². The number of aryl methyl sites for hydroxylation is 1. The van der Waals surface area contributed by atoms with Crippen molar-refractivity contribution in [2.24, 2.45) is 0 Å². The number of benzene rings is 2. The maximum Gasteiger partial charge on any atom is 0.243 e. The van der Waals surface area contributed by atoms with E-state index in [0.717, 1.165) is 4.31 Å². The van der Waals surface area contributed by atoms with E-state index in [0.29, 0.717) is 16.1 Å². The number of nitrogens with zero attached hydrogens (tertiary/aromatic N) is 1. The van der Waals surface area contributed by atoms with Gasteiger partial charge in [0.2, 0.25) is 15.9 Å².